The van der Waals surface area contributed by atoms with Gasteiger partial charge in [0.1, 0.15) is 34.5 Å². The molecule has 8 nitrogen and oxygen atoms in total. The summed E-state index contributed by atoms with van der Waals surface area (Å²) >= 11 is 0. The van der Waals surface area contributed by atoms with E-state index in [1.165, 1.54) is 0 Å². The van der Waals surface area contributed by atoms with Crippen molar-refractivity contribution in [3.05, 3.63) is 34.4 Å². The quantitative estimate of drug-likeness (QED) is 0.458. The minimum absolute atomic E-state index is 0.168. The molecule has 2 aromatic rings. The van der Waals surface area contributed by atoms with E-state index < -0.39 is 52.0 Å². The van der Waals surface area contributed by atoms with Crippen molar-refractivity contribution in [1.82, 2.24) is 0 Å². The van der Waals surface area contributed by atoms with Crippen LogP contribution in [-0.2, 0) is 6.42 Å². The first-order chi connectivity index (χ1) is 10.8. The van der Waals surface area contributed by atoms with Crippen LogP contribution in [-0.4, -0.2) is 43.2 Å². The molecule has 2 aromatic carbocycles. The van der Waals surface area contributed by atoms with Crippen LogP contribution in [0.1, 0.15) is 31.8 Å². The Bertz CT molecular complexity index is 743. The van der Waals surface area contributed by atoms with Crippen LogP contribution < -0.4 is 0 Å². The summed E-state index contributed by atoms with van der Waals surface area (Å²) in [7, 11) is 0. The van der Waals surface area contributed by atoms with Crippen LogP contribution in [0.2, 0.25) is 0 Å². The molecule has 0 fully saturated rings. The van der Waals surface area contributed by atoms with E-state index in [0.29, 0.717) is 0 Å². The zero-order valence-corrected chi connectivity index (χ0v) is 11.5. The molecule has 0 heterocycles. The lowest BCUT2D eigenvalue weighted by atomic mass is 9.96. The Morgan fingerprint density at radius 2 is 1.00 bits per heavy atom. The summed E-state index contributed by atoms with van der Waals surface area (Å²) in [5, 5.41) is 58.4. The third-order valence-corrected chi connectivity index (χ3v) is 3.39. The Kier molecular flexibility index (Phi) is 4.00. The van der Waals surface area contributed by atoms with Gasteiger partial charge < -0.3 is 30.6 Å². The number of aromatic hydroxyl groups is 6. The number of hydrogen-bond acceptors (Lipinski definition) is 8. The Labute approximate surface area is 129 Å². The maximum atomic E-state index is 10.9. The molecule has 0 aliphatic rings. The maximum Gasteiger partial charge on any atom is 0.157 e. The average molecular weight is 320 g/mol. The summed E-state index contributed by atoms with van der Waals surface area (Å²) in [5.74, 6) is -3.96. The van der Waals surface area contributed by atoms with Gasteiger partial charge in [-0.1, -0.05) is 0 Å². The number of carbonyl (C=O) groups is 2. The van der Waals surface area contributed by atoms with Crippen LogP contribution in [0.4, 0.5) is 0 Å². The fourth-order valence-electron chi connectivity index (χ4n) is 2.16. The summed E-state index contributed by atoms with van der Waals surface area (Å²) in [4.78, 5) is 21.7. The standard InChI is InChI=1S/C15H12O8/c16-4-8-12(20)2-10(18)6(14(8)22)1-7-11(19)3-13(21)9(5-17)15(7)23/h2-5,18-23H,1H2. The minimum Gasteiger partial charge on any atom is -0.507 e. The van der Waals surface area contributed by atoms with Crippen molar-refractivity contribution < 1.29 is 40.2 Å². The molecule has 2 rings (SSSR count). The van der Waals surface area contributed by atoms with Crippen LogP contribution in [0.3, 0.4) is 0 Å². The van der Waals surface area contributed by atoms with E-state index in [4.69, 9.17) is 0 Å². The van der Waals surface area contributed by atoms with E-state index in [0.717, 1.165) is 12.1 Å². The van der Waals surface area contributed by atoms with Crippen molar-refractivity contribution in [3.8, 4) is 34.5 Å². The molecule has 0 amide bonds. The van der Waals surface area contributed by atoms with Crippen LogP contribution in [0.15, 0.2) is 12.1 Å². The van der Waals surface area contributed by atoms with Gasteiger partial charge in [-0.05, 0) is 0 Å². The van der Waals surface area contributed by atoms with Gasteiger partial charge in [0.25, 0.3) is 0 Å². The van der Waals surface area contributed by atoms with Crippen molar-refractivity contribution >= 4 is 12.6 Å². The third-order valence-electron chi connectivity index (χ3n) is 3.39. The molecular weight excluding hydrogens is 308 g/mol. The molecule has 23 heavy (non-hydrogen) atoms. The van der Waals surface area contributed by atoms with E-state index in [-0.39, 0.29) is 23.7 Å². The fraction of sp³-hybridized carbons (Fsp3) is 0.0667. The third kappa shape index (κ3) is 2.57. The lowest BCUT2D eigenvalue weighted by Gasteiger charge is -2.14. The molecule has 0 radical (unpaired) electrons. The molecule has 0 spiro atoms. The van der Waals surface area contributed by atoms with E-state index in [2.05, 4.69) is 0 Å². The van der Waals surface area contributed by atoms with Gasteiger partial charge in [0.05, 0.1) is 11.1 Å². The largest absolute Gasteiger partial charge is 0.507 e. The maximum absolute atomic E-state index is 10.9. The predicted octanol–water partition coefficient (Wildman–Crippen LogP) is 1.14. The average Bonchev–Trinajstić information content (AvgIpc) is 2.46. The van der Waals surface area contributed by atoms with E-state index in [9.17, 15) is 40.2 Å². The van der Waals surface area contributed by atoms with Crippen molar-refractivity contribution in [1.29, 1.82) is 0 Å². The number of rotatable bonds is 4. The van der Waals surface area contributed by atoms with Crippen LogP contribution in [0.25, 0.3) is 0 Å². The Hall–Kier alpha value is -3.42. The summed E-state index contributed by atoms with van der Waals surface area (Å²) < 4.78 is 0. The Morgan fingerprint density at radius 1 is 0.652 bits per heavy atom. The molecule has 0 atom stereocenters. The molecule has 8 heteroatoms. The smallest absolute Gasteiger partial charge is 0.157 e. The van der Waals surface area contributed by atoms with Gasteiger partial charge in [0.15, 0.2) is 12.6 Å². The molecule has 120 valence electrons. The highest BCUT2D eigenvalue weighted by Gasteiger charge is 2.22. The van der Waals surface area contributed by atoms with Crippen molar-refractivity contribution in [2.24, 2.45) is 0 Å². The number of hydrogen-bond donors (Lipinski definition) is 6. The SMILES string of the molecule is O=Cc1c(O)cc(O)c(Cc2c(O)cc(O)c(C=O)c2O)c1O. The molecule has 0 aromatic heterocycles. The van der Waals surface area contributed by atoms with Crippen LogP contribution in [0.5, 0.6) is 34.5 Å². The van der Waals surface area contributed by atoms with Crippen LogP contribution >= 0.6 is 0 Å². The van der Waals surface area contributed by atoms with Gasteiger partial charge in [0, 0.05) is 29.7 Å². The number of benzene rings is 2. The number of phenols is 6. The van der Waals surface area contributed by atoms with Crippen molar-refractivity contribution in [2.75, 3.05) is 0 Å². The second-order valence-electron chi connectivity index (χ2n) is 4.72. The van der Waals surface area contributed by atoms with Gasteiger partial charge >= 0.3 is 0 Å². The van der Waals surface area contributed by atoms with Crippen LogP contribution in [0, 0.1) is 0 Å². The van der Waals surface area contributed by atoms with E-state index in [1.54, 1.807) is 0 Å². The first kappa shape index (κ1) is 16.0. The molecule has 0 saturated heterocycles. The molecule has 0 bridgehead atoms. The van der Waals surface area contributed by atoms with Crippen molar-refractivity contribution in [3.63, 3.8) is 0 Å². The second-order valence-corrected chi connectivity index (χ2v) is 4.72. The van der Waals surface area contributed by atoms with Gasteiger partial charge in [-0.2, -0.15) is 0 Å². The normalized spacial score (nSPS) is 10.4. The molecule has 0 unspecified atom stereocenters. The highest BCUT2D eigenvalue weighted by molar-refractivity contribution is 5.87. The summed E-state index contributed by atoms with van der Waals surface area (Å²) in [6.45, 7) is 0. The molecule has 6 N–H and O–H groups in total. The highest BCUT2D eigenvalue weighted by Crippen LogP contribution is 2.42. The fourth-order valence-corrected chi connectivity index (χ4v) is 2.16. The van der Waals surface area contributed by atoms with E-state index >= 15 is 0 Å². The first-order valence-electron chi connectivity index (χ1n) is 6.25. The van der Waals surface area contributed by atoms with Gasteiger partial charge in [-0.3, -0.25) is 9.59 Å². The van der Waals surface area contributed by atoms with Gasteiger partial charge in [-0.15, -0.1) is 0 Å². The van der Waals surface area contributed by atoms with Gasteiger partial charge in [-0.25, -0.2) is 0 Å². The van der Waals surface area contributed by atoms with Crippen molar-refractivity contribution in [2.45, 2.75) is 6.42 Å². The topological polar surface area (TPSA) is 156 Å². The minimum atomic E-state index is -0.739. The Morgan fingerprint density at radius 3 is 1.30 bits per heavy atom. The van der Waals surface area contributed by atoms with Gasteiger partial charge in [0.2, 0.25) is 0 Å². The lowest BCUT2D eigenvalue weighted by Crippen LogP contribution is -1.97. The number of carbonyl (C=O) groups excluding carboxylic acids is 2. The molecule has 0 aliphatic carbocycles. The molecule has 0 saturated carbocycles. The predicted molar refractivity (Wildman–Crippen MR) is 76.5 cm³/mol. The molecular formula is C15H12O8. The summed E-state index contributed by atoms with van der Waals surface area (Å²) in [5.41, 5.74) is -1.49. The summed E-state index contributed by atoms with van der Waals surface area (Å²) in [6, 6.07) is 1.63. The summed E-state index contributed by atoms with van der Waals surface area (Å²) in [6.07, 6.45) is -0.139. The second kappa shape index (κ2) is 5.76. The zero-order valence-electron chi connectivity index (χ0n) is 11.5. The Balaban J connectivity index is 2.65. The molecule has 0 aliphatic heterocycles. The van der Waals surface area contributed by atoms with E-state index in [1.807, 2.05) is 0 Å². The highest BCUT2D eigenvalue weighted by atomic mass is 16.3. The first-order valence-corrected chi connectivity index (χ1v) is 6.25. The monoisotopic (exact) mass is 320 g/mol. The number of phenolic OH excluding ortho intramolecular Hbond substituents is 6. The number of aldehydes is 2. The zero-order chi connectivity index (χ0) is 17.3. The lowest BCUT2D eigenvalue weighted by molar-refractivity contribution is 0.111.